The summed E-state index contributed by atoms with van der Waals surface area (Å²) in [6.07, 6.45) is 1.22. The number of nitrogens with two attached hydrogens (primary N) is 1. The number of likely N-dealkylation sites (N-methyl/N-ethyl adjacent to an activating group) is 1. The van der Waals surface area contributed by atoms with Crippen LogP contribution >= 0.6 is 0 Å². The van der Waals surface area contributed by atoms with Crippen LogP contribution < -0.4 is 5.73 Å². The van der Waals surface area contributed by atoms with Gasteiger partial charge in [-0.25, -0.2) is 0 Å². The van der Waals surface area contributed by atoms with Crippen molar-refractivity contribution in [3.05, 3.63) is 0 Å². The van der Waals surface area contributed by atoms with Crippen molar-refractivity contribution in [1.29, 1.82) is 0 Å². The molecule has 0 aromatic rings. The zero-order chi connectivity index (χ0) is 10.7. The van der Waals surface area contributed by atoms with Crippen LogP contribution in [-0.2, 0) is 0 Å². The maximum absolute atomic E-state index is 5.70. The van der Waals surface area contributed by atoms with E-state index in [1.807, 2.05) is 0 Å². The van der Waals surface area contributed by atoms with E-state index >= 15 is 0 Å². The predicted octanol–water partition coefficient (Wildman–Crippen LogP) is 2.09. The Balaban J connectivity index is 3.95. The highest BCUT2D eigenvalue weighted by Gasteiger charge is 2.22. The Kier molecular flexibility index (Phi) is 4.40. The van der Waals surface area contributed by atoms with Crippen molar-refractivity contribution in [2.75, 3.05) is 20.1 Å². The maximum atomic E-state index is 5.70. The zero-order valence-corrected chi connectivity index (χ0v) is 10.1. The molecule has 0 fully saturated rings. The van der Waals surface area contributed by atoms with E-state index in [1.54, 1.807) is 0 Å². The normalized spacial score (nSPS) is 13.8. The fourth-order valence-electron chi connectivity index (χ4n) is 0.962. The molecule has 0 saturated heterocycles. The molecule has 0 unspecified atom stereocenters. The summed E-state index contributed by atoms with van der Waals surface area (Å²) >= 11 is 0. The molecule has 0 radical (unpaired) electrons. The van der Waals surface area contributed by atoms with Crippen LogP contribution in [0.1, 0.15) is 41.0 Å². The van der Waals surface area contributed by atoms with Crippen LogP contribution in [-0.4, -0.2) is 30.6 Å². The van der Waals surface area contributed by atoms with E-state index in [9.17, 15) is 0 Å². The Bertz CT molecular complexity index is 145. The Labute approximate surface area is 83.5 Å². The van der Waals surface area contributed by atoms with Gasteiger partial charge in [-0.2, -0.15) is 0 Å². The summed E-state index contributed by atoms with van der Waals surface area (Å²) in [5.74, 6) is 0. The van der Waals surface area contributed by atoms with Gasteiger partial charge in [0.15, 0.2) is 0 Å². The highest BCUT2D eigenvalue weighted by Crippen LogP contribution is 2.20. The summed E-state index contributed by atoms with van der Waals surface area (Å²) < 4.78 is 0. The van der Waals surface area contributed by atoms with Gasteiger partial charge in [-0.1, -0.05) is 20.8 Å². The molecule has 0 spiro atoms. The molecule has 0 aliphatic heterocycles. The number of hydrogen-bond donors (Lipinski definition) is 1. The summed E-state index contributed by atoms with van der Waals surface area (Å²) in [6, 6.07) is 0. The van der Waals surface area contributed by atoms with Gasteiger partial charge in [-0.15, -0.1) is 0 Å². The molecule has 0 aliphatic carbocycles. The van der Waals surface area contributed by atoms with Crippen molar-refractivity contribution in [3.8, 4) is 0 Å². The van der Waals surface area contributed by atoms with Gasteiger partial charge in [0.05, 0.1) is 0 Å². The molecule has 0 aromatic carbocycles. The van der Waals surface area contributed by atoms with Crippen molar-refractivity contribution in [2.24, 2.45) is 11.1 Å². The molecule has 13 heavy (non-hydrogen) atoms. The van der Waals surface area contributed by atoms with Crippen molar-refractivity contribution < 1.29 is 0 Å². The van der Waals surface area contributed by atoms with Gasteiger partial charge in [0.2, 0.25) is 0 Å². The summed E-state index contributed by atoms with van der Waals surface area (Å²) in [4.78, 5) is 2.35. The second-order valence-electron chi connectivity index (χ2n) is 5.75. The van der Waals surface area contributed by atoms with E-state index in [-0.39, 0.29) is 5.54 Å². The van der Waals surface area contributed by atoms with Crippen molar-refractivity contribution in [3.63, 3.8) is 0 Å². The first-order valence-corrected chi connectivity index (χ1v) is 5.10. The van der Waals surface area contributed by atoms with Crippen LogP contribution in [0.5, 0.6) is 0 Å². The maximum Gasteiger partial charge on any atom is 0.0272 e. The first-order chi connectivity index (χ1) is 5.69. The van der Waals surface area contributed by atoms with E-state index in [0.717, 1.165) is 6.54 Å². The van der Waals surface area contributed by atoms with Gasteiger partial charge < -0.3 is 5.73 Å². The van der Waals surface area contributed by atoms with E-state index < -0.39 is 0 Å². The second-order valence-corrected chi connectivity index (χ2v) is 5.75. The average Bonchev–Trinajstić information content (AvgIpc) is 1.98. The van der Waals surface area contributed by atoms with E-state index in [0.29, 0.717) is 12.0 Å². The van der Waals surface area contributed by atoms with E-state index in [1.165, 1.54) is 6.42 Å². The molecule has 2 N–H and O–H groups in total. The van der Waals surface area contributed by atoms with Gasteiger partial charge >= 0.3 is 0 Å². The molecule has 0 aliphatic rings. The molecule has 0 heterocycles. The largest absolute Gasteiger partial charge is 0.329 e. The topological polar surface area (TPSA) is 29.3 Å². The standard InChI is InChI=1S/C11H26N2/c1-10(2,3)7-8-13(6)11(4,5)9-12/h7-9,12H2,1-6H3. The third-order valence-corrected chi connectivity index (χ3v) is 2.73. The second kappa shape index (κ2) is 4.43. The van der Waals surface area contributed by atoms with Crippen molar-refractivity contribution in [2.45, 2.75) is 46.6 Å². The van der Waals surface area contributed by atoms with E-state index in [4.69, 9.17) is 5.73 Å². The van der Waals surface area contributed by atoms with Crippen LogP contribution in [0.4, 0.5) is 0 Å². The first kappa shape index (κ1) is 12.9. The van der Waals surface area contributed by atoms with Gasteiger partial charge in [0.1, 0.15) is 0 Å². The summed E-state index contributed by atoms with van der Waals surface area (Å²) in [5, 5.41) is 0. The van der Waals surface area contributed by atoms with Crippen LogP contribution in [0.3, 0.4) is 0 Å². The number of nitrogens with zero attached hydrogens (tertiary/aromatic N) is 1. The highest BCUT2D eigenvalue weighted by atomic mass is 15.2. The number of rotatable bonds is 4. The smallest absolute Gasteiger partial charge is 0.0272 e. The van der Waals surface area contributed by atoms with Gasteiger partial charge in [-0.3, -0.25) is 4.90 Å². The Morgan fingerprint density at radius 1 is 1.08 bits per heavy atom. The van der Waals surface area contributed by atoms with Crippen LogP contribution in [0.2, 0.25) is 0 Å². The fraction of sp³-hybridized carbons (Fsp3) is 1.00. The lowest BCUT2D eigenvalue weighted by molar-refractivity contribution is 0.143. The molecule has 0 rings (SSSR count). The fourth-order valence-corrected chi connectivity index (χ4v) is 0.962. The summed E-state index contributed by atoms with van der Waals surface area (Å²) in [5.41, 5.74) is 6.25. The lowest BCUT2D eigenvalue weighted by Gasteiger charge is -2.36. The molecule has 0 aromatic heterocycles. The minimum Gasteiger partial charge on any atom is -0.329 e. The monoisotopic (exact) mass is 186 g/mol. The molecule has 2 heteroatoms. The van der Waals surface area contributed by atoms with Crippen LogP contribution in [0.25, 0.3) is 0 Å². The zero-order valence-electron chi connectivity index (χ0n) is 10.1. The third-order valence-electron chi connectivity index (χ3n) is 2.73. The molecule has 0 bridgehead atoms. The van der Waals surface area contributed by atoms with Gasteiger partial charge in [0, 0.05) is 12.1 Å². The molecule has 80 valence electrons. The predicted molar refractivity (Wildman–Crippen MR) is 59.8 cm³/mol. The lowest BCUT2D eigenvalue weighted by atomic mass is 9.91. The first-order valence-electron chi connectivity index (χ1n) is 5.10. The van der Waals surface area contributed by atoms with Crippen molar-refractivity contribution in [1.82, 2.24) is 4.90 Å². The molecular formula is C11H26N2. The minimum absolute atomic E-state index is 0.130. The van der Waals surface area contributed by atoms with Crippen LogP contribution in [0, 0.1) is 5.41 Å². The molecule has 2 nitrogen and oxygen atoms in total. The van der Waals surface area contributed by atoms with Crippen LogP contribution in [0.15, 0.2) is 0 Å². The van der Waals surface area contributed by atoms with E-state index in [2.05, 4.69) is 46.6 Å². The highest BCUT2D eigenvalue weighted by molar-refractivity contribution is 4.80. The molecule has 0 amide bonds. The minimum atomic E-state index is 0.130. The van der Waals surface area contributed by atoms with Gasteiger partial charge in [0.25, 0.3) is 0 Å². The summed E-state index contributed by atoms with van der Waals surface area (Å²) in [7, 11) is 2.15. The third kappa shape index (κ3) is 5.27. The van der Waals surface area contributed by atoms with Gasteiger partial charge in [-0.05, 0) is 39.3 Å². The Morgan fingerprint density at radius 2 is 1.54 bits per heavy atom. The summed E-state index contributed by atoms with van der Waals surface area (Å²) in [6.45, 7) is 13.0. The quantitative estimate of drug-likeness (QED) is 0.728. The number of hydrogen-bond acceptors (Lipinski definition) is 2. The Morgan fingerprint density at radius 3 is 1.85 bits per heavy atom. The lowest BCUT2D eigenvalue weighted by Crippen LogP contribution is -2.47. The SMILES string of the molecule is CN(CCC(C)(C)C)C(C)(C)CN. The van der Waals surface area contributed by atoms with Crippen molar-refractivity contribution >= 4 is 0 Å². The Hall–Kier alpha value is -0.0800. The molecule has 0 atom stereocenters. The molecule has 0 saturated carbocycles. The molecular weight excluding hydrogens is 160 g/mol. The average molecular weight is 186 g/mol.